The summed E-state index contributed by atoms with van der Waals surface area (Å²) >= 11 is 13.7. The molecule has 0 spiro atoms. The van der Waals surface area contributed by atoms with Gasteiger partial charge in [-0.2, -0.15) is 0 Å². The Labute approximate surface area is 115 Å². The van der Waals surface area contributed by atoms with Gasteiger partial charge in [0.05, 0.1) is 5.02 Å². The lowest BCUT2D eigenvalue weighted by atomic mass is 10.2. The molecule has 88 valence electrons. The molecule has 2 rings (SSSR count). The first kappa shape index (κ1) is 12.7. The molecular weight excluding hydrogens is 273 g/mol. The van der Waals surface area contributed by atoms with Gasteiger partial charge in [-0.25, -0.2) is 0 Å². The molecule has 2 aromatic rings. The predicted octanol–water partition coefficient (Wildman–Crippen LogP) is 4.72. The van der Waals surface area contributed by atoms with Crippen molar-refractivity contribution < 1.29 is 0 Å². The molecule has 1 heterocycles. The van der Waals surface area contributed by atoms with E-state index in [0.29, 0.717) is 0 Å². The average Bonchev–Trinajstić information content (AvgIpc) is 2.35. The Bertz CT molecular complexity index is 488. The highest BCUT2D eigenvalue weighted by Gasteiger charge is 2.02. The van der Waals surface area contributed by atoms with Crippen LogP contribution in [0.4, 0.5) is 0 Å². The van der Waals surface area contributed by atoms with Crippen LogP contribution >= 0.6 is 35.0 Å². The number of nitrogens with zero attached hydrogens (tertiary/aromatic N) is 1. The third kappa shape index (κ3) is 3.91. The summed E-state index contributed by atoms with van der Waals surface area (Å²) in [6.07, 6.45) is 4.62. The van der Waals surface area contributed by atoms with Crippen LogP contribution in [0, 0.1) is 0 Å². The largest absolute Gasteiger partial charge is 0.265 e. The van der Waals surface area contributed by atoms with Gasteiger partial charge in [-0.15, -0.1) is 11.8 Å². The molecule has 0 saturated heterocycles. The van der Waals surface area contributed by atoms with Crippen molar-refractivity contribution in [3.8, 4) is 0 Å². The second-order valence-corrected chi connectivity index (χ2v) is 5.51. The van der Waals surface area contributed by atoms with Gasteiger partial charge < -0.3 is 0 Å². The van der Waals surface area contributed by atoms with E-state index in [1.165, 1.54) is 5.56 Å². The van der Waals surface area contributed by atoms with Gasteiger partial charge in [-0.05, 0) is 42.3 Å². The van der Waals surface area contributed by atoms with Crippen LogP contribution in [-0.4, -0.2) is 10.7 Å². The summed E-state index contributed by atoms with van der Waals surface area (Å²) in [4.78, 5) is 5.03. The van der Waals surface area contributed by atoms with Gasteiger partial charge in [0.2, 0.25) is 0 Å². The van der Waals surface area contributed by atoms with E-state index in [1.807, 2.05) is 36.7 Å². The second kappa shape index (κ2) is 6.29. The third-order valence-electron chi connectivity index (χ3n) is 2.29. The standard InChI is InChI=1S/C13H11Cl2NS/c14-11-1-2-12(15)13(9-11)17-8-5-10-3-6-16-7-4-10/h1-4,6-7,9H,5,8H2. The molecule has 0 N–H and O–H groups in total. The Kier molecular flexibility index (Phi) is 4.72. The smallest absolute Gasteiger partial charge is 0.0542 e. The maximum Gasteiger partial charge on any atom is 0.0542 e. The Hall–Kier alpha value is -0.700. The van der Waals surface area contributed by atoms with Crippen LogP contribution in [-0.2, 0) is 6.42 Å². The molecule has 0 atom stereocenters. The highest BCUT2D eigenvalue weighted by molar-refractivity contribution is 7.99. The number of benzene rings is 1. The van der Waals surface area contributed by atoms with Gasteiger partial charge in [0.1, 0.15) is 0 Å². The van der Waals surface area contributed by atoms with Crippen LogP contribution in [0.25, 0.3) is 0 Å². The average molecular weight is 284 g/mol. The maximum atomic E-state index is 6.09. The molecule has 0 fully saturated rings. The zero-order chi connectivity index (χ0) is 12.1. The van der Waals surface area contributed by atoms with E-state index in [1.54, 1.807) is 17.8 Å². The van der Waals surface area contributed by atoms with E-state index in [-0.39, 0.29) is 0 Å². The lowest BCUT2D eigenvalue weighted by molar-refractivity contribution is 1.13. The molecule has 0 unspecified atom stereocenters. The third-order valence-corrected chi connectivity index (χ3v) is 4.02. The molecule has 1 nitrogen and oxygen atoms in total. The maximum absolute atomic E-state index is 6.09. The van der Waals surface area contributed by atoms with E-state index >= 15 is 0 Å². The quantitative estimate of drug-likeness (QED) is 0.753. The van der Waals surface area contributed by atoms with E-state index in [9.17, 15) is 0 Å². The van der Waals surface area contributed by atoms with Gasteiger partial charge in [0, 0.05) is 28.1 Å². The van der Waals surface area contributed by atoms with E-state index < -0.39 is 0 Å². The number of thioether (sulfide) groups is 1. The topological polar surface area (TPSA) is 12.9 Å². The van der Waals surface area contributed by atoms with Crippen LogP contribution in [0.3, 0.4) is 0 Å². The number of hydrogen-bond acceptors (Lipinski definition) is 2. The number of halogens is 2. The predicted molar refractivity (Wildman–Crippen MR) is 75.1 cm³/mol. The number of aryl methyl sites for hydroxylation is 1. The van der Waals surface area contributed by atoms with Crippen LogP contribution in [0.1, 0.15) is 5.56 Å². The van der Waals surface area contributed by atoms with Crippen molar-refractivity contribution in [3.05, 3.63) is 58.3 Å². The van der Waals surface area contributed by atoms with Crippen LogP contribution in [0.5, 0.6) is 0 Å². The fourth-order valence-electron chi connectivity index (χ4n) is 1.42. The first-order valence-corrected chi connectivity index (χ1v) is 6.96. The van der Waals surface area contributed by atoms with E-state index in [0.717, 1.165) is 27.1 Å². The molecule has 0 radical (unpaired) electrons. The van der Waals surface area contributed by atoms with Crippen molar-refractivity contribution in [1.29, 1.82) is 0 Å². The summed E-state index contributed by atoms with van der Waals surface area (Å²) in [6.45, 7) is 0. The van der Waals surface area contributed by atoms with E-state index in [4.69, 9.17) is 23.2 Å². The molecule has 0 bridgehead atoms. The summed E-state index contributed by atoms with van der Waals surface area (Å²) in [5.74, 6) is 0.976. The van der Waals surface area contributed by atoms with Gasteiger partial charge in [0.15, 0.2) is 0 Å². The number of pyridine rings is 1. The number of aromatic nitrogens is 1. The minimum absolute atomic E-state index is 0.723. The van der Waals surface area contributed by atoms with Crippen molar-refractivity contribution in [1.82, 2.24) is 4.98 Å². The molecular formula is C13H11Cl2NS. The van der Waals surface area contributed by atoms with Crippen molar-refractivity contribution in [2.45, 2.75) is 11.3 Å². The Morgan fingerprint density at radius 3 is 2.59 bits per heavy atom. The summed E-state index contributed by atoms with van der Waals surface area (Å²) in [5.41, 5.74) is 1.28. The number of hydrogen-bond donors (Lipinski definition) is 0. The second-order valence-electron chi connectivity index (χ2n) is 3.53. The molecule has 0 amide bonds. The fourth-order valence-corrected chi connectivity index (χ4v) is 2.91. The van der Waals surface area contributed by atoms with Crippen LogP contribution in [0.2, 0.25) is 10.0 Å². The monoisotopic (exact) mass is 283 g/mol. The van der Waals surface area contributed by atoms with Gasteiger partial charge in [-0.1, -0.05) is 23.2 Å². The first-order valence-electron chi connectivity index (χ1n) is 5.22. The number of rotatable bonds is 4. The molecule has 4 heteroatoms. The van der Waals surface area contributed by atoms with Gasteiger partial charge in [0.25, 0.3) is 0 Å². The Morgan fingerprint density at radius 1 is 1.06 bits per heavy atom. The highest BCUT2D eigenvalue weighted by atomic mass is 35.5. The van der Waals surface area contributed by atoms with Gasteiger partial charge >= 0.3 is 0 Å². The minimum Gasteiger partial charge on any atom is -0.265 e. The summed E-state index contributed by atoms with van der Waals surface area (Å²) in [5, 5.41) is 1.48. The molecule has 17 heavy (non-hydrogen) atoms. The molecule has 0 aliphatic carbocycles. The zero-order valence-electron chi connectivity index (χ0n) is 9.07. The van der Waals surface area contributed by atoms with Gasteiger partial charge in [-0.3, -0.25) is 4.98 Å². The minimum atomic E-state index is 0.723. The molecule has 0 aliphatic rings. The van der Waals surface area contributed by atoms with Crippen molar-refractivity contribution >= 4 is 35.0 Å². The van der Waals surface area contributed by atoms with Crippen molar-refractivity contribution in [2.75, 3.05) is 5.75 Å². The zero-order valence-corrected chi connectivity index (χ0v) is 11.4. The summed E-state index contributed by atoms with van der Waals surface area (Å²) < 4.78 is 0. The first-order chi connectivity index (χ1) is 8.25. The summed E-state index contributed by atoms with van der Waals surface area (Å²) in [7, 11) is 0. The Morgan fingerprint density at radius 2 is 1.82 bits per heavy atom. The Balaban J connectivity index is 1.92. The lowest BCUT2D eigenvalue weighted by Crippen LogP contribution is -1.88. The van der Waals surface area contributed by atoms with Crippen molar-refractivity contribution in [2.24, 2.45) is 0 Å². The normalized spacial score (nSPS) is 10.5. The summed E-state index contributed by atoms with van der Waals surface area (Å²) in [6, 6.07) is 9.59. The fraction of sp³-hybridized carbons (Fsp3) is 0.154. The molecule has 0 saturated carbocycles. The van der Waals surface area contributed by atoms with Crippen LogP contribution in [0.15, 0.2) is 47.6 Å². The molecule has 0 aliphatic heterocycles. The molecule has 1 aromatic carbocycles. The van der Waals surface area contributed by atoms with E-state index in [2.05, 4.69) is 4.98 Å². The van der Waals surface area contributed by atoms with Crippen molar-refractivity contribution in [3.63, 3.8) is 0 Å². The highest BCUT2D eigenvalue weighted by Crippen LogP contribution is 2.30. The molecule has 1 aromatic heterocycles. The lowest BCUT2D eigenvalue weighted by Gasteiger charge is -2.04. The SMILES string of the molecule is Clc1ccc(Cl)c(SCCc2ccncc2)c1. The van der Waals surface area contributed by atoms with Crippen LogP contribution < -0.4 is 0 Å².